The number of esters is 1. The van der Waals surface area contributed by atoms with Crippen LogP contribution in [0, 0.1) is 6.92 Å². The highest BCUT2D eigenvalue weighted by Gasteiger charge is 2.16. The zero-order valence-corrected chi connectivity index (χ0v) is 17.5. The Balaban J connectivity index is 1.75. The predicted molar refractivity (Wildman–Crippen MR) is 109 cm³/mol. The first-order valence-electron chi connectivity index (χ1n) is 9.27. The SMILES string of the molecule is CCCNC(=O)[C@@H](C)NC(=O)COC(=O)c1ccc(OCc2csc(C)n2)cc1. The fraction of sp³-hybridized carbons (Fsp3) is 0.400. The fourth-order valence-corrected chi connectivity index (χ4v) is 2.88. The Bertz CT molecular complexity index is 835. The molecular formula is C20H25N3O5S. The van der Waals surface area contributed by atoms with Crippen molar-refractivity contribution in [2.45, 2.75) is 39.8 Å². The number of carbonyl (C=O) groups is 3. The summed E-state index contributed by atoms with van der Waals surface area (Å²) in [4.78, 5) is 40.0. The maximum atomic E-state index is 12.1. The molecule has 1 aromatic carbocycles. The summed E-state index contributed by atoms with van der Waals surface area (Å²) in [6.45, 7) is 5.84. The number of carbonyl (C=O) groups excluding carboxylic acids is 3. The van der Waals surface area contributed by atoms with Gasteiger partial charge in [-0.15, -0.1) is 11.3 Å². The number of nitrogens with one attached hydrogen (secondary N) is 2. The number of aryl methyl sites for hydroxylation is 1. The summed E-state index contributed by atoms with van der Waals surface area (Å²) < 4.78 is 10.6. The molecule has 0 radical (unpaired) electrons. The Labute approximate surface area is 173 Å². The van der Waals surface area contributed by atoms with Gasteiger partial charge in [0.05, 0.1) is 16.3 Å². The number of rotatable bonds is 10. The van der Waals surface area contributed by atoms with Crippen molar-refractivity contribution >= 4 is 29.1 Å². The van der Waals surface area contributed by atoms with Crippen LogP contribution in [0.1, 0.15) is 41.3 Å². The molecule has 1 atom stereocenters. The molecule has 0 saturated carbocycles. The molecule has 1 heterocycles. The summed E-state index contributed by atoms with van der Waals surface area (Å²) >= 11 is 1.55. The molecule has 0 bridgehead atoms. The number of nitrogens with zero attached hydrogens (tertiary/aromatic N) is 1. The van der Waals surface area contributed by atoms with E-state index in [0.717, 1.165) is 17.1 Å². The highest BCUT2D eigenvalue weighted by Crippen LogP contribution is 2.16. The smallest absolute Gasteiger partial charge is 0.338 e. The van der Waals surface area contributed by atoms with Crippen molar-refractivity contribution in [2.75, 3.05) is 13.2 Å². The third kappa shape index (κ3) is 7.53. The first kappa shape index (κ1) is 22.4. The van der Waals surface area contributed by atoms with E-state index in [9.17, 15) is 14.4 Å². The summed E-state index contributed by atoms with van der Waals surface area (Å²) in [5, 5.41) is 8.07. The third-order valence-corrected chi connectivity index (χ3v) is 4.62. The number of thiazole rings is 1. The molecule has 0 saturated heterocycles. The van der Waals surface area contributed by atoms with E-state index in [1.54, 1.807) is 42.5 Å². The lowest BCUT2D eigenvalue weighted by Crippen LogP contribution is -2.46. The topological polar surface area (TPSA) is 107 Å². The van der Waals surface area contributed by atoms with Crippen molar-refractivity contribution < 1.29 is 23.9 Å². The van der Waals surface area contributed by atoms with Gasteiger partial charge in [0, 0.05) is 11.9 Å². The van der Waals surface area contributed by atoms with Gasteiger partial charge in [-0.1, -0.05) is 6.92 Å². The Morgan fingerprint density at radius 1 is 1.21 bits per heavy atom. The van der Waals surface area contributed by atoms with E-state index in [1.165, 1.54) is 0 Å². The van der Waals surface area contributed by atoms with Crippen LogP contribution >= 0.6 is 11.3 Å². The van der Waals surface area contributed by atoms with Gasteiger partial charge in [-0.3, -0.25) is 9.59 Å². The molecule has 0 spiro atoms. The lowest BCUT2D eigenvalue weighted by Gasteiger charge is -2.13. The van der Waals surface area contributed by atoms with Crippen molar-refractivity contribution in [1.82, 2.24) is 15.6 Å². The zero-order chi connectivity index (χ0) is 21.2. The molecule has 0 aliphatic carbocycles. The molecule has 9 heteroatoms. The second kappa shape index (κ2) is 11.2. The van der Waals surface area contributed by atoms with Crippen molar-refractivity contribution in [3.63, 3.8) is 0 Å². The van der Waals surface area contributed by atoms with E-state index in [2.05, 4.69) is 15.6 Å². The minimum Gasteiger partial charge on any atom is -0.487 e. The van der Waals surface area contributed by atoms with E-state index in [4.69, 9.17) is 9.47 Å². The first-order chi connectivity index (χ1) is 13.9. The van der Waals surface area contributed by atoms with Crippen molar-refractivity contribution in [2.24, 2.45) is 0 Å². The van der Waals surface area contributed by atoms with Gasteiger partial charge in [0.15, 0.2) is 6.61 Å². The van der Waals surface area contributed by atoms with Crippen LogP contribution in [0.25, 0.3) is 0 Å². The fourth-order valence-electron chi connectivity index (χ4n) is 2.28. The van der Waals surface area contributed by atoms with Gasteiger partial charge >= 0.3 is 5.97 Å². The minimum atomic E-state index is -0.703. The molecule has 2 amide bonds. The molecule has 8 nitrogen and oxygen atoms in total. The predicted octanol–water partition coefficient (Wildman–Crippen LogP) is 2.22. The van der Waals surface area contributed by atoms with E-state index < -0.39 is 24.5 Å². The van der Waals surface area contributed by atoms with Crippen molar-refractivity contribution in [3.8, 4) is 5.75 Å². The molecule has 0 unspecified atom stereocenters. The second-order valence-electron chi connectivity index (χ2n) is 6.33. The maximum Gasteiger partial charge on any atom is 0.338 e. The van der Waals surface area contributed by atoms with Crippen LogP contribution in [0.5, 0.6) is 5.75 Å². The highest BCUT2D eigenvalue weighted by molar-refractivity contribution is 7.09. The molecule has 0 aliphatic rings. The maximum absolute atomic E-state index is 12.1. The van der Waals surface area contributed by atoms with Gasteiger partial charge < -0.3 is 20.1 Å². The van der Waals surface area contributed by atoms with Crippen LogP contribution in [-0.4, -0.2) is 42.0 Å². The van der Waals surface area contributed by atoms with Crippen LogP contribution in [0.15, 0.2) is 29.6 Å². The lowest BCUT2D eigenvalue weighted by atomic mass is 10.2. The molecule has 0 fully saturated rings. The monoisotopic (exact) mass is 419 g/mol. The Hall–Kier alpha value is -2.94. The molecular weight excluding hydrogens is 394 g/mol. The zero-order valence-electron chi connectivity index (χ0n) is 16.7. The molecule has 2 N–H and O–H groups in total. The lowest BCUT2D eigenvalue weighted by molar-refractivity contribution is -0.130. The van der Waals surface area contributed by atoms with Crippen molar-refractivity contribution in [1.29, 1.82) is 0 Å². The molecule has 2 rings (SSSR count). The molecule has 29 heavy (non-hydrogen) atoms. The largest absolute Gasteiger partial charge is 0.487 e. The van der Waals surface area contributed by atoms with E-state index in [-0.39, 0.29) is 5.91 Å². The van der Waals surface area contributed by atoms with Gasteiger partial charge in [0.25, 0.3) is 5.91 Å². The molecule has 1 aromatic heterocycles. The summed E-state index contributed by atoms with van der Waals surface area (Å²) in [6.07, 6.45) is 0.804. The Morgan fingerprint density at radius 2 is 1.93 bits per heavy atom. The van der Waals surface area contributed by atoms with E-state index >= 15 is 0 Å². The Morgan fingerprint density at radius 3 is 2.55 bits per heavy atom. The quantitative estimate of drug-likeness (QED) is 0.572. The van der Waals surface area contributed by atoms with Gasteiger partial charge in [-0.05, 0) is 44.5 Å². The minimum absolute atomic E-state index is 0.282. The van der Waals surface area contributed by atoms with Gasteiger partial charge in [-0.25, -0.2) is 9.78 Å². The van der Waals surface area contributed by atoms with E-state index in [0.29, 0.717) is 24.5 Å². The first-order valence-corrected chi connectivity index (χ1v) is 10.1. The normalized spacial score (nSPS) is 11.4. The van der Waals surface area contributed by atoms with Crippen LogP contribution in [0.3, 0.4) is 0 Å². The van der Waals surface area contributed by atoms with Crippen LogP contribution < -0.4 is 15.4 Å². The van der Waals surface area contributed by atoms with Crippen LogP contribution in [-0.2, 0) is 20.9 Å². The summed E-state index contributed by atoms with van der Waals surface area (Å²) in [5.74, 6) is -0.868. The van der Waals surface area contributed by atoms with Crippen molar-refractivity contribution in [3.05, 3.63) is 45.9 Å². The number of benzene rings is 1. The summed E-state index contributed by atoms with van der Waals surface area (Å²) in [6, 6.07) is 5.71. The second-order valence-corrected chi connectivity index (χ2v) is 7.39. The Kier molecular flexibility index (Phi) is 8.60. The van der Waals surface area contributed by atoms with Crippen LogP contribution in [0.4, 0.5) is 0 Å². The number of aromatic nitrogens is 1. The number of hydrogen-bond acceptors (Lipinski definition) is 7. The number of ether oxygens (including phenoxy) is 2. The molecule has 156 valence electrons. The van der Waals surface area contributed by atoms with Gasteiger partial charge in [0.2, 0.25) is 5.91 Å². The third-order valence-electron chi connectivity index (χ3n) is 3.80. The average molecular weight is 420 g/mol. The summed E-state index contributed by atoms with van der Waals surface area (Å²) in [7, 11) is 0. The summed E-state index contributed by atoms with van der Waals surface area (Å²) in [5.41, 5.74) is 1.14. The van der Waals surface area contributed by atoms with Gasteiger partial charge in [0.1, 0.15) is 18.4 Å². The molecule has 0 aliphatic heterocycles. The van der Waals surface area contributed by atoms with E-state index in [1.807, 2.05) is 19.2 Å². The van der Waals surface area contributed by atoms with Gasteiger partial charge in [-0.2, -0.15) is 0 Å². The van der Waals surface area contributed by atoms with Crippen LogP contribution in [0.2, 0.25) is 0 Å². The number of hydrogen-bond donors (Lipinski definition) is 2. The standard InChI is InChI=1S/C20H25N3O5S/c1-4-9-21-19(25)13(2)22-18(24)11-28-20(26)15-5-7-17(8-6-15)27-10-16-12-29-14(3)23-16/h5-8,12-13H,4,9-11H2,1-3H3,(H,21,25)(H,22,24)/t13-/m1/s1. The molecule has 2 aromatic rings. The average Bonchev–Trinajstić information content (AvgIpc) is 3.14. The highest BCUT2D eigenvalue weighted by atomic mass is 32.1. The number of amides is 2.